The van der Waals surface area contributed by atoms with E-state index < -0.39 is 0 Å². The minimum Gasteiger partial charge on any atom is -0.462 e. The van der Waals surface area contributed by atoms with Crippen molar-refractivity contribution in [2.75, 3.05) is 5.32 Å². The Labute approximate surface area is 135 Å². The quantitative estimate of drug-likeness (QED) is 0.927. The summed E-state index contributed by atoms with van der Waals surface area (Å²) >= 11 is 0. The van der Waals surface area contributed by atoms with Gasteiger partial charge in [-0.25, -0.2) is 0 Å². The summed E-state index contributed by atoms with van der Waals surface area (Å²) in [6.07, 6.45) is 3.19. The molecule has 3 atom stereocenters. The Bertz CT molecular complexity index is 777. The van der Waals surface area contributed by atoms with Crippen LogP contribution in [0.25, 0.3) is 0 Å². The molecular formula is C19H20N2O2. The average molecular weight is 308 g/mol. The van der Waals surface area contributed by atoms with Crippen LogP contribution >= 0.6 is 0 Å². The van der Waals surface area contributed by atoms with Gasteiger partial charge in [-0.2, -0.15) is 0 Å². The van der Waals surface area contributed by atoms with Gasteiger partial charge in [-0.3, -0.25) is 4.79 Å². The summed E-state index contributed by atoms with van der Waals surface area (Å²) in [6, 6.07) is 12.2. The van der Waals surface area contributed by atoms with E-state index >= 15 is 0 Å². The molecule has 5 rings (SSSR count). The molecule has 0 saturated heterocycles. The van der Waals surface area contributed by atoms with Gasteiger partial charge in [0.25, 0.3) is 5.91 Å². The SMILES string of the molecule is C[C@@H]1C[C@H]1c1ccc([C@@H]2Nc3ccccc3C(=O)N2C2CC2)o1. The van der Waals surface area contributed by atoms with Gasteiger partial charge in [0.2, 0.25) is 0 Å². The number of hydrogen-bond donors (Lipinski definition) is 1. The first-order valence-electron chi connectivity index (χ1n) is 8.50. The number of para-hydroxylation sites is 1. The number of anilines is 1. The van der Waals surface area contributed by atoms with E-state index in [2.05, 4.69) is 18.3 Å². The van der Waals surface area contributed by atoms with Crippen molar-refractivity contribution in [1.29, 1.82) is 0 Å². The standard InChI is InChI=1S/C19H20N2O2/c1-11-10-14(11)16-8-9-17(23-16)18-20-15-5-3-2-4-13(15)19(22)21(18)12-6-7-12/h2-5,8-9,11-12,14,18,20H,6-7,10H2,1H3/t11-,14-,18-/m1/s1. The topological polar surface area (TPSA) is 45.5 Å². The van der Waals surface area contributed by atoms with Crippen LogP contribution in [0.2, 0.25) is 0 Å². The molecule has 2 heterocycles. The van der Waals surface area contributed by atoms with Crippen molar-refractivity contribution in [2.24, 2.45) is 5.92 Å². The molecule has 0 radical (unpaired) electrons. The lowest BCUT2D eigenvalue weighted by Gasteiger charge is -2.37. The van der Waals surface area contributed by atoms with Gasteiger partial charge in [0, 0.05) is 17.6 Å². The molecule has 4 nitrogen and oxygen atoms in total. The van der Waals surface area contributed by atoms with E-state index in [1.54, 1.807) is 0 Å². The number of rotatable bonds is 3. The van der Waals surface area contributed by atoms with Gasteiger partial charge < -0.3 is 14.6 Å². The molecule has 1 N–H and O–H groups in total. The van der Waals surface area contributed by atoms with Gasteiger partial charge in [-0.05, 0) is 49.4 Å². The number of nitrogens with zero attached hydrogens (tertiary/aromatic N) is 1. The molecule has 1 aliphatic heterocycles. The molecule has 2 aliphatic carbocycles. The second-order valence-electron chi connectivity index (χ2n) is 7.10. The second-order valence-corrected chi connectivity index (χ2v) is 7.10. The highest BCUT2D eigenvalue weighted by atomic mass is 16.3. The van der Waals surface area contributed by atoms with E-state index in [4.69, 9.17) is 4.42 Å². The number of nitrogens with one attached hydrogen (secondary N) is 1. The normalized spacial score (nSPS) is 29.2. The number of benzene rings is 1. The molecule has 118 valence electrons. The number of fused-ring (bicyclic) bond motifs is 1. The van der Waals surface area contributed by atoms with Crippen LogP contribution in [0.15, 0.2) is 40.8 Å². The summed E-state index contributed by atoms with van der Waals surface area (Å²) < 4.78 is 6.13. The Morgan fingerprint density at radius 1 is 1.13 bits per heavy atom. The summed E-state index contributed by atoms with van der Waals surface area (Å²) in [4.78, 5) is 14.9. The highest BCUT2D eigenvalue weighted by molar-refractivity contribution is 6.02. The van der Waals surface area contributed by atoms with Crippen LogP contribution in [-0.4, -0.2) is 16.8 Å². The first kappa shape index (κ1) is 13.2. The predicted molar refractivity (Wildman–Crippen MR) is 87.2 cm³/mol. The van der Waals surface area contributed by atoms with Gasteiger partial charge in [0.05, 0.1) is 5.56 Å². The van der Waals surface area contributed by atoms with Crippen molar-refractivity contribution in [3.8, 4) is 0 Å². The third-order valence-corrected chi connectivity index (χ3v) is 5.29. The second kappa shape index (κ2) is 4.63. The fraction of sp³-hybridized carbons (Fsp3) is 0.421. The summed E-state index contributed by atoms with van der Waals surface area (Å²) in [5.41, 5.74) is 1.66. The zero-order valence-electron chi connectivity index (χ0n) is 13.2. The molecule has 23 heavy (non-hydrogen) atoms. The fourth-order valence-corrected chi connectivity index (χ4v) is 3.64. The van der Waals surface area contributed by atoms with E-state index in [0.717, 1.165) is 41.5 Å². The number of amides is 1. The monoisotopic (exact) mass is 308 g/mol. The van der Waals surface area contributed by atoms with Crippen molar-refractivity contribution in [3.63, 3.8) is 0 Å². The first-order valence-corrected chi connectivity index (χ1v) is 8.50. The van der Waals surface area contributed by atoms with Crippen LogP contribution in [0.5, 0.6) is 0 Å². The van der Waals surface area contributed by atoms with Gasteiger partial charge in [0.1, 0.15) is 11.5 Å². The van der Waals surface area contributed by atoms with Crippen molar-refractivity contribution in [2.45, 2.75) is 44.3 Å². The minimum atomic E-state index is -0.187. The summed E-state index contributed by atoms with van der Waals surface area (Å²) in [5.74, 6) is 3.31. The Morgan fingerprint density at radius 3 is 2.61 bits per heavy atom. The predicted octanol–water partition coefficient (Wildman–Crippen LogP) is 4.13. The van der Waals surface area contributed by atoms with E-state index in [1.165, 1.54) is 6.42 Å². The van der Waals surface area contributed by atoms with Gasteiger partial charge in [-0.1, -0.05) is 19.1 Å². The molecule has 4 heteroatoms. The van der Waals surface area contributed by atoms with Gasteiger partial charge in [-0.15, -0.1) is 0 Å². The van der Waals surface area contributed by atoms with Crippen molar-refractivity contribution in [3.05, 3.63) is 53.5 Å². The van der Waals surface area contributed by atoms with Crippen LogP contribution in [-0.2, 0) is 0 Å². The van der Waals surface area contributed by atoms with Gasteiger partial charge in [0.15, 0.2) is 6.17 Å². The first-order chi connectivity index (χ1) is 11.2. The van der Waals surface area contributed by atoms with E-state index in [-0.39, 0.29) is 12.1 Å². The smallest absolute Gasteiger partial charge is 0.258 e. The van der Waals surface area contributed by atoms with Crippen LogP contribution in [0.4, 0.5) is 5.69 Å². The summed E-state index contributed by atoms with van der Waals surface area (Å²) in [5, 5.41) is 3.51. The molecule has 0 spiro atoms. The third-order valence-electron chi connectivity index (χ3n) is 5.29. The van der Waals surface area contributed by atoms with Crippen LogP contribution < -0.4 is 5.32 Å². The van der Waals surface area contributed by atoms with Crippen LogP contribution in [0.1, 0.15) is 60.1 Å². The lowest BCUT2D eigenvalue weighted by molar-refractivity contribution is 0.0644. The molecule has 0 unspecified atom stereocenters. The Kier molecular flexibility index (Phi) is 2.67. The maximum absolute atomic E-state index is 12.9. The van der Waals surface area contributed by atoms with E-state index in [1.807, 2.05) is 35.2 Å². The zero-order valence-corrected chi connectivity index (χ0v) is 13.2. The lowest BCUT2D eigenvalue weighted by Crippen LogP contribution is -2.44. The van der Waals surface area contributed by atoms with Crippen LogP contribution in [0.3, 0.4) is 0 Å². The Hall–Kier alpha value is -2.23. The average Bonchev–Trinajstić information content (AvgIpc) is 3.47. The molecule has 1 aromatic heterocycles. The zero-order chi connectivity index (χ0) is 15.6. The summed E-state index contributed by atoms with van der Waals surface area (Å²) in [6.45, 7) is 2.25. The molecule has 1 aromatic carbocycles. The lowest BCUT2D eigenvalue weighted by atomic mass is 10.1. The number of furan rings is 1. The fourth-order valence-electron chi connectivity index (χ4n) is 3.64. The number of carbonyl (C=O) groups is 1. The van der Waals surface area contributed by atoms with Crippen LogP contribution in [0, 0.1) is 5.92 Å². The largest absolute Gasteiger partial charge is 0.462 e. The number of hydrogen-bond acceptors (Lipinski definition) is 3. The molecule has 2 aromatic rings. The molecule has 3 aliphatic rings. The van der Waals surface area contributed by atoms with Crippen molar-refractivity contribution < 1.29 is 9.21 Å². The maximum Gasteiger partial charge on any atom is 0.258 e. The number of carbonyl (C=O) groups excluding carboxylic acids is 1. The molecule has 1 amide bonds. The Morgan fingerprint density at radius 2 is 1.87 bits per heavy atom. The molecular weight excluding hydrogens is 288 g/mol. The van der Waals surface area contributed by atoms with Crippen molar-refractivity contribution in [1.82, 2.24) is 4.90 Å². The highest BCUT2D eigenvalue weighted by Crippen LogP contribution is 2.48. The van der Waals surface area contributed by atoms with Crippen molar-refractivity contribution >= 4 is 11.6 Å². The summed E-state index contributed by atoms with van der Waals surface area (Å²) in [7, 11) is 0. The highest BCUT2D eigenvalue weighted by Gasteiger charge is 2.44. The molecule has 2 saturated carbocycles. The maximum atomic E-state index is 12.9. The minimum absolute atomic E-state index is 0.115. The van der Waals surface area contributed by atoms with E-state index in [9.17, 15) is 4.79 Å². The van der Waals surface area contributed by atoms with Gasteiger partial charge >= 0.3 is 0 Å². The third kappa shape index (κ3) is 2.08. The Balaban J connectivity index is 1.53. The molecule has 2 fully saturated rings. The van der Waals surface area contributed by atoms with E-state index in [0.29, 0.717) is 12.0 Å². The molecule has 0 bridgehead atoms.